The number of methoxy groups -OCH3 is 1. The molecule has 1 aliphatic rings. The monoisotopic (exact) mass is 257 g/mol. The summed E-state index contributed by atoms with van der Waals surface area (Å²) >= 11 is 6.01. The highest BCUT2D eigenvalue weighted by atomic mass is 35.5. The Balaban J connectivity index is 2.77. The Morgan fingerprint density at radius 3 is 2.71 bits per heavy atom. The molecule has 96 valence electrons. The van der Waals surface area contributed by atoms with E-state index in [1.54, 1.807) is 6.08 Å². The van der Waals surface area contributed by atoms with Crippen LogP contribution in [0.4, 0.5) is 0 Å². The number of allylic oxidation sites excluding steroid dienone is 2. The Hall–Kier alpha value is -0.800. The van der Waals surface area contributed by atoms with E-state index in [4.69, 9.17) is 22.1 Å². The van der Waals surface area contributed by atoms with Crippen molar-refractivity contribution in [3.63, 3.8) is 0 Å². The van der Waals surface area contributed by atoms with E-state index < -0.39 is 5.00 Å². The van der Waals surface area contributed by atoms with E-state index in [1.165, 1.54) is 7.11 Å². The summed E-state index contributed by atoms with van der Waals surface area (Å²) < 4.78 is 4.72. The highest BCUT2D eigenvalue weighted by Gasteiger charge is 2.26. The van der Waals surface area contributed by atoms with E-state index in [0.29, 0.717) is 18.8 Å². The van der Waals surface area contributed by atoms with Crippen molar-refractivity contribution in [1.82, 2.24) is 0 Å². The number of rotatable bonds is 4. The van der Waals surface area contributed by atoms with Gasteiger partial charge in [0.05, 0.1) is 13.5 Å². The van der Waals surface area contributed by atoms with Gasteiger partial charge in [0, 0.05) is 6.42 Å². The Bertz CT molecular complexity index is 345. The predicted octanol–water partition coefficient (Wildman–Crippen LogP) is 2.60. The van der Waals surface area contributed by atoms with Crippen LogP contribution < -0.4 is 5.73 Å². The summed E-state index contributed by atoms with van der Waals surface area (Å²) in [7, 11) is 1.41. The highest BCUT2D eigenvalue weighted by molar-refractivity contribution is 6.25. The third-order valence-electron chi connectivity index (χ3n) is 3.05. The predicted molar refractivity (Wildman–Crippen MR) is 69.6 cm³/mol. The summed E-state index contributed by atoms with van der Waals surface area (Å²) in [6, 6.07) is 0. The van der Waals surface area contributed by atoms with Crippen LogP contribution in [0.1, 0.15) is 26.7 Å². The topological polar surface area (TPSA) is 52.3 Å². The average molecular weight is 258 g/mol. The minimum Gasteiger partial charge on any atom is -0.469 e. The number of nitrogens with two attached hydrogens (primary N) is 1. The molecule has 3 nitrogen and oxygen atoms in total. The number of ether oxygens (including phenoxy) is 1. The molecule has 0 spiro atoms. The SMILES string of the molecule is COC(=O)CC(C1=CCC(N)(Cl)C=C1)C(C)C. The fraction of sp³-hybridized carbons (Fsp3) is 0.615. The number of esters is 1. The summed E-state index contributed by atoms with van der Waals surface area (Å²) in [4.78, 5) is 10.6. The lowest BCUT2D eigenvalue weighted by molar-refractivity contribution is -0.141. The van der Waals surface area contributed by atoms with Gasteiger partial charge in [0.2, 0.25) is 0 Å². The average Bonchev–Trinajstić information content (AvgIpc) is 2.26. The van der Waals surface area contributed by atoms with Crippen LogP contribution in [0.3, 0.4) is 0 Å². The van der Waals surface area contributed by atoms with Gasteiger partial charge in [0.1, 0.15) is 5.00 Å². The van der Waals surface area contributed by atoms with Gasteiger partial charge in [-0.2, -0.15) is 0 Å². The zero-order valence-corrected chi connectivity index (χ0v) is 11.3. The molecule has 1 rings (SSSR count). The second kappa shape index (κ2) is 5.69. The van der Waals surface area contributed by atoms with Crippen molar-refractivity contribution in [2.45, 2.75) is 31.7 Å². The zero-order valence-electron chi connectivity index (χ0n) is 10.6. The molecule has 0 saturated carbocycles. The van der Waals surface area contributed by atoms with Crippen LogP contribution in [0.2, 0.25) is 0 Å². The largest absolute Gasteiger partial charge is 0.469 e. The molecule has 1 aliphatic carbocycles. The van der Waals surface area contributed by atoms with Crippen LogP contribution in [-0.4, -0.2) is 18.1 Å². The Morgan fingerprint density at radius 2 is 2.29 bits per heavy atom. The van der Waals surface area contributed by atoms with Crippen molar-refractivity contribution in [2.24, 2.45) is 17.6 Å². The molecule has 2 unspecified atom stereocenters. The quantitative estimate of drug-likeness (QED) is 0.479. The number of carbonyl (C=O) groups is 1. The molecule has 0 aromatic rings. The third-order valence-corrected chi connectivity index (χ3v) is 3.33. The van der Waals surface area contributed by atoms with E-state index in [2.05, 4.69) is 13.8 Å². The molecule has 2 N–H and O–H groups in total. The molecular formula is C13H20ClNO2. The van der Waals surface area contributed by atoms with Crippen LogP contribution in [0, 0.1) is 11.8 Å². The summed E-state index contributed by atoms with van der Waals surface area (Å²) in [5, 5.41) is 0. The Kier molecular flexibility index (Phi) is 4.78. The maximum Gasteiger partial charge on any atom is 0.306 e. The zero-order chi connectivity index (χ0) is 13.1. The lowest BCUT2D eigenvalue weighted by Gasteiger charge is -2.26. The second-order valence-electron chi connectivity index (χ2n) is 4.80. The minimum atomic E-state index is -0.781. The van der Waals surface area contributed by atoms with Crippen LogP contribution in [0.15, 0.2) is 23.8 Å². The molecule has 17 heavy (non-hydrogen) atoms. The Labute approximate surface area is 108 Å². The van der Waals surface area contributed by atoms with Gasteiger partial charge in [0.15, 0.2) is 0 Å². The summed E-state index contributed by atoms with van der Waals surface area (Å²) in [6.07, 6.45) is 6.70. The molecule has 0 aliphatic heterocycles. The van der Waals surface area contributed by atoms with E-state index in [-0.39, 0.29) is 11.9 Å². The normalized spacial score (nSPS) is 25.6. The van der Waals surface area contributed by atoms with Gasteiger partial charge in [0.25, 0.3) is 0 Å². The van der Waals surface area contributed by atoms with E-state index in [1.807, 2.05) is 12.2 Å². The van der Waals surface area contributed by atoms with Crippen molar-refractivity contribution in [2.75, 3.05) is 7.11 Å². The van der Waals surface area contributed by atoms with Crippen LogP contribution in [0.5, 0.6) is 0 Å². The molecular weight excluding hydrogens is 238 g/mol. The highest BCUT2D eigenvalue weighted by Crippen LogP contribution is 2.31. The van der Waals surface area contributed by atoms with Gasteiger partial charge >= 0.3 is 5.97 Å². The lowest BCUT2D eigenvalue weighted by Crippen LogP contribution is -2.32. The van der Waals surface area contributed by atoms with Crippen molar-refractivity contribution in [3.05, 3.63) is 23.8 Å². The van der Waals surface area contributed by atoms with Gasteiger partial charge < -0.3 is 10.5 Å². The number of halogens is 1. The first-order valence-corrected chi connectivity index (χ1v) is 6.17. The van der Waals surface area contributed by atoms with Crippen molar-refractivity contribution in [1.29, 1.82) is 0 Å². The molecule has 0 amide bonds. The summed E-state index contributed by atoms with van der Waals surface area (Å²) in [6.45, 7) is 4.18. The fourth-order valence-corrected chi connectivity index (χ4v) is 2.06. The third kappa shape index (κ3) is 4.17. The summed E-state index contributed by atoms with van der Waals surface area (Å²) in [5.74, 6) is 0.338. The first-order valence-electron chi connectivity index (χ1n) is 5.79. The molecule has 0 saturated heterocycles. The van der Waals surface area contributed by atoms with Gasteiger partial charge in [-0.1, -0.05) is 37.6 Å². The Morgan fingerprint density at radius 1 is 1.65 bits per heavy atom. The molecule has 0 bridgehead atoms. The molecule has 0 aromatic carbocycles. The summed E-state index contributed by atoms with van der Waals surface area (Å²) in [5.41, 5.74) is 6.90. The molecule has 0 aromatic heterocycles. The maximum absolute atomic E-state index is 11.4. The molecule has 4 heteroatoms. The first kappa shape index (κ1) is 14.3. The first-order chi connectivity index (χ1) is 7.85. The standard InChI is InChI=1S/C13H20ClNO2/c1-9(2)11(8-12(16)17-3)10-4-6-13(14,15)7-5-10/h4-6,9,11H,7-8,15H2,1-3H3. The smallest absolute Gasteiger partial charge is 0.306 e. The van der Waals surface area contributed by atoms with Gasteiger partial charge in [-0.05, 0) is 23.5 Å². The van der Waals surface area contributed by atoms with Gasteiger partial charge in [-0.15, -0.1) is 0 Å². The number of alkyl halides is 1. The molecule has 0 fully saturated rings. The number of hydrogen-bond acceptors (Lipinski definition) is 3. The van der Waals surface area contributed by atoms with Crippen LogP contribution in [-0.2, 0) is 9.53 Å². The van der Waals surface area contributed by atoms with Crippen molar-refractivity contribution < 1.29 is 9.53 Å². The minimum absolute atomic E-state index is 0.159. The number of hydrogen-bond donors (Lipinski definition) is 1. The lowest BCUT2D eigenvalue weighted by atomic mass is 9.82. The van der Waals surface area contributed by atoms with E-state index in [9.17, 15) is 4.79 Å². The number of carbonyl (C=O) groups excluding carboxylic acids is 1. The van der Waals surface area contributed by atoms with E-state index >= 15 is 0 Å². The molecule has 0 radical (unpaired) electrons. The fourth-order valence-electron chi connectivity index (χ4n) is 1.92. The van der Waals surface area contributed by atoms with E-state index in [0.717, 1.165) is 5.57 Å². The van der Waals surface area contributed by atoms with Crippen LogP contribution >= 0.6 is 11.6 Å². The second-order valence-corrected chi connectivity index (χ2v) is 5.50. The van der Waals surface area contributed by atoms with Gasteiger partial charge in [-0.3, -0.25) is 4.79 Å². The van der Waals surface area contributed by atoms with Crippen molar-refractivity contribution in [3.8, 4) is 0 Å². The molecule has 0 heterocycles. The van der Waals surface area contributed by atoms with Gasteiger partial charge in [-0.25, -0.2) is 0 Å². The molecule has 2 atom stereocenters. The van der Waals surface area contributed by atoms with Crippen molar-refractivity contribution >= 4 is 17.6 Å². The maximum atomic E-state index is 11.4. The van der Waals surface area contributed by atoms with Crippen LogP contribution in [0.25, 0.3) is 0 Å².